The molecule has 2 aromatic carbocycles. The minimum absolute atomic E-state index is 0.0209. The van der Waals surface area contributed by atoms with Gasteiger partial charge in [0.05, 0.1) is 22.1 Å². The van der Waals surface area contributed by atoms with Crippen LogP contribution in [0.5, 0.6) is 0 Å². The smallest absolute Gasteiger partial charge is 0.271 e. The van der Waals surface area contributed by atoms with E-state index in [1.807, 2.05) is 0 Å². The Bertz CT molecular complexity index is 933. The summed E-state index contributed by atoms with van der Waals surface area (Å²) < 4.78 is 32.0. The zero-order valence-corrected chi connectivity index (χ0v) is 16.3. The summed E-state index contributed by atoms with van der Waals surface area (Å²) >= 11 is 0. The molecule has 2 rings (SSSR count). The fourth-order valence-corrected chi connectivity index (χ4v) is 3.97. The molecule has 28 heavy (non-hydrogen) atoms. The van der Waals surface area contributed by atoms with Crippen LogP contribution in [0.1, 0.15) is 6.92 Å². The molecule has 150 valence electrons. The van der Waals surface area contributed by atoms with Crippen molar-refractivity contribution in [3.05, 3.63) is 64.7 Å². The van der Waals surface area contributed by atoms with Crippen LogP contribution in [0.4, 0.5) is 11.4 Å². The molecular weight excluding hydrogens is 386 g/mol. The first-order chi connectivity index (χ1) is 13.3. The number of sulfonamides is 1. The van der Waals surface area contributed by atoms with Crippen LogP contribution in [0.2, 0.25) is 0 Å². The summed E-state index contributed by atoms with van der Waals surface area (Å²) in [5.74, 6) is -0.560. The summed E-state index contributed by atoms with van der Waals surface area (Å²) in [5, 5.41) is 13.7. The van der Waals surface area contributed by atoms with Crippen LogP contribution in [0.3, 0.4) is 0 Å². The molecule has 0 aliphatic rings. The molecule has 0 fully saturated rings. The van der Waals surface area contributed by atoms with Gasteiger partial charge in [-0.1, -0.05) is 24.3 Å². The van der Waals surface area contributed by atoms with Crippen molar-refractivity contribution in [2.45, 2.75) is 17.9 Å². The van der Waals surface area contributed by atoms with Gasteiger partial charge in [-0.2, -0.15) is 0 Å². The molecule has 0 bridgehead atoms. The molecule has 0 aromatic heterocycles. The number of nitro benzene ring substituents is 1. The number of methoxy groups -OCH3 is 1. The van der Waals surface area contributed by atoms with Gasteiger partial charge in [-0.15, -0.1) is 0 Å². The van der Waals surface area contributed by atoms with E-state index in [4.69, 9.17) is 4.74 Å². The highest BCUT2D eigenvalue weighted by Crippen LogP contribution is 2.26. The highest BCUT2D eigenvalue weighted by Gasteiger charge is 2.28. The van der Waals surface area contributed by atoms with Gasteiger partial charge in [0.2, 0.25) is 5.91 Å². The molecule has 0 radical (unpaired) electrons. The number of carbonyl (C=O) groups is 1. The molecule has 1 atom stereocenters. The fraction of sp³-hybridized carbons (Fsp3) is 0.278. The Balaban J connectivity index is 2.43. The molecule has 1 amide bonds. The molecule has 0 saturated heterocycles. The highest BCUT2D eigenvalue weighted by atomic mass is 32.2. The molecular formula is C18H21N3O6S. The van der Waals surface area contributed by atoms with Crippen LogP contribution in [-0.2, 0) is 19.6 Å². The number of ether oxygens (including phenoxy) is 1. The minimum Gasteiger partial charge on any atom is -0.383 e. The SMILES string of the molecule is COC[C@@H](C)NC(=O)CN(c1cccc([N+](=O)[O-])c1)S(=O)(=O)c1ccccc1. The monoisotopic (exact) mass is 407 g/mol. The Morgan fingerprint density at radius 1 is 1.21 bits per heavy atom. The van der Waals surface area contributed by atoms with Crippen molar-refractivity contribution in [2.24, 2.45) is 0 Å². The van der Waals surface area contributed by atoms with E-state index in [1.165, 1.54) is 37.4 Å². The molecule has 0 saturated carbocycles. The maximum absolute atomic E-state index is 13.1. The lowest BCUT2D eigenvalue weighted by molar-refractivity contribution is -0.384. The van der Waals surface area contributed by atoms with Gasteiger partial charge in [-0.3, -0.25) is 19.2 Å². The largest absolute Gasteiger partial charge is 0.383 e. The Kier molecular flexibility index (Phi) is 7.07. The third-order valence-electron chi connectivity index (χ3n) is 3.77. The first-order valence-electron chi connectivity index (χ1n) is 8.36. The summed E-state index contributed by atoms with van der Waals surface area (Å²) in [4.78, 5) is 22.8. The molecule has 0 spiro atoms. The van der Waals surface area contributed by atoms with E-state index in [2.05, 4.69) is 5.32 Å². The Morgan fingerprint density at radius 2 is 1.89 bits per heavy atom. The zero-order valence-electron chi connectivity index (χ0n) is 15.4. The van der Waals surface area contributed by atoms with Gasteiger partial charge >= 0.3 is 0 Å². The van der Waals surface area contributed by atoms with Gasteiger partial charge < -0.3 is 10.1 Å². The molecule has 0 aliphatic heterocycles. The molecule has 1 N–H and O–H groups in total. The second-order valence-electron chi connectivity index (χ2n) is 6.03. The summed E-state index contributed by atoms with van der Waals surface area (Å²) in [7, 11) is -2.64. The number of nitro groups is 1. The topological polar surface area (TPSA) is 119 Å². The number of amides is 1. The first kappa shape index (κ1) is 21.3. The third kappa shape index (κ3) is 5.27. The number of rotatable bonds is 9. The zero-order chi connectivity index (χ0) is 20.7. The normalized spacial score (nSPS) is 12.2. The Labute approximate surface area is 163 Å². The number of nitrogens with zero attached hydrogens (tertiary/aromatic N) is 2. The lowest BCUT2D eigenvalue weighted by Crippen LogP contribution is -2.44. The lowest BCUT2D eigenvalue weighted by Gasteiger charge is -2.24. The van der Waals surface area contributed by atoms with Gasteiger partial charge in [0.25, 0.3) is 15.7 Å². The van der Waals surface area contributed by atoms with Crippen molar-refractivity contribution in [2.75, 3.05) is 24.6 Å². The van der Waals surface area contributed by atoms with Crippen molar-refractivity contribution >= 4 is 27.3 Å². The average Bonchev–Trinajstić information content (AvgIpc) is 2.67. The van der Waals surface area contributed by atoms with E-state index in [0.29, 0.717) is 0 Å². The van der Waals surface area contributed by atoms with Crippen LogP contribution in [0.25, 0.3) is 0 Å². The van der Waals surface area contributed by atoms with Crippen molar-refractivity contribution in [1.29, 1.82) is 0 Å². The van der Waals surface area contributed by atoms with Crippen molar-refractivity contribution < 1.29 is 22.9 Å². The molecule has 9 nitrogen and oxygen atoms in total. The van der Waals surface area contributed by atoms with Crippen LogP contribution in [0.15, 0.2) is 59.5 Å². The molecule has 0 aliphatic carbocycles. The van der Waals surface area contributed by atoms with E-state index in [0.717, 1.165) is 10.4 Å². The van der Waals surface area contributed by atoms with E-state index in [-0.39, 0.29) is 28.9 Å². The number of hydrogen-bond acceptors (Lipinski definition) is 6. The summed E-state index contributed by atoms with van der Waals surface area (Å²) in [6, 6.07) is 12.4. The molecule has 10 heteroatoms. The first-order valence-corrected chi connectivity index (χ1v) is 9.80. The van der Waals surface area contributed by atoms with Gasteiger partial charge in [0, 0.05) is 25.3 Å². The second kappa shape index (κ2) is 9.29. The van der Waals surface area contributed by atoms with Crippen LogP contribution in [-0.4, -0.2) is 45.6 Å². The predicted octanol–water partition coefficient (Wildman–Crippen LogP) is 1.94. The van der Waals surface area contributed by atoms with E-state index >= 15 is 0 Å². The van der Waals surface area contributed by atoms with Crippen LogP contribution in [0, 0.1) is 10.1 Å². The predicted molar refractivity (Wildman–Crippen MR) is 104 cm³/mol. The Morgan fingerprint density at radius 3 is 2.50 bits per heavy atom. The maximum atomic E-state index is 13.1. The summed E-state index contributed by atoms with van der Waals surface area (Å²) in [6.07, 6.45) is 0. The third-order valence-corrected chi connectivity index (χ3v) is 5.56. The van der Waals surface area contributed by atoms with E-state index in [1.54, 1.807) is 25.1 Å². The number of nitrogens with one attached hydrogen (secondary N) is 1. The molecule has 0 heterocycles. The van der Waals surface area contributed by atoms with Gasteiger partial charge in [0.1, 0.15) is 6.54 Å². The van der Waals surface area contributed by atoms with Crippen molar-refractivity contribution in [1.82, 2.24) is 5.32 Å². The standard InChI is InChI=1S/C18H21N3O6S/c1-14(13-27-2)19-18(22)12-20(15-7-6-8-16(11-15)21(23)24)28(25,26)17-9-4-3-5-10-17/h3-11,14H,12-13H2,1-2H3,(H,19,22)/t14-/m1/s1. The molecule has 2 aromatic rings. The number of benzene rings is 2. The fourth-order valence-electron chi connectivity index (χ4n) is 2.54. The van der Waals surface area contributed by atoms with Crippen molar-refractivity contribution in [3.8, 4) is 0 Å². The minimum atomic E-state index is -4.12. The van der Waals surface area contributed by atoms with Crippen LogP contribution < -0.4 is 9.62 Å². The number of non-ortho nitro benzene ring substituents is 1. The van der Waals surface area contributed by atoms with E-state index in [9.17, 15) is 23.3 Å². The van der Waals surface area contributed by atoms with Gasteiger partial charge in [-0.25, -0.2) is 8.42 Å². The van der Waals surface area contributed by atoms with Crippen molar-refractivity contribution in [3.63, 3.8) is 0 Å². The highest BCUT2D eigenvalue weighted by molar-refractivity contribution is 7.92. The average molecular weight is 407 g/mol. The quantitative estimate of drug-likeness (QED) is 0.501. The number of carbonyl (C=O) groups excluding carboxylic acids is 1. The number of anilines is 1. The molecule has 0 unspecified atom stereocenters. The van der Waals surface area contributed by atoms with Crippen LogP contribution >= 0.6 is 0 Å². The summed E-state index contributed by atoms with van der Waals surface area (Å²) in [6.45, 7) is 1.44. The number of hydrogen-bond donors (Lipinski definition) is 1. The Hall–Kier alpha value is -2.98. The van der Waals surface area contributed by atoms with E-state index < -0.39 is 27.4 Å². The maximum Gasteiger partial charge on any atom is 0.271 e. The van der Waals surface area contributed by atoms with Gasteiger partial charge in [-0.05, 0) is 25.1 Å². The lowest BCUT2D eigenvalue weighted by atomic mass is 10.3. The summed E-state index contributed by atoms with van der Waals surface area (Å²) in [5.41, 5.74) is -0.258. The van der Waals surface area contributed by atoms with Gasteiger partial charge in [0.15, 0.2) is 0 Å². The second-order valence-corrected chi connectivity index (χ2v) is 7.89.